The van der Waals surface area contributed by atoms with Crippen LogP contribution >= 0.6 is 11.6 Å². The van der Waals surface area contributed by atoms with Crippen molar-refractivity contribution in [3.63, 3.8) is 0 Å². The van der Waals surface area contributed by atoms with Gasteiger partial charge in [0.25, 0.3) is 0 Å². The Morgan fingerprint density at radius 1 is 1.43 bits per heavy atom. The zero-order valence-corrected chi connectivity index (χ0v) is 8.47. The van der Waals surface area contributed by atoms with Crippen molar-refractivity contribution in [1.82, 2.24) is 0 Å². The number of halogens is 1. The summed E-state index contributed by atoms with van der Waals surface area (Å²) in [5, 5.41) is 0.385. The summed E-state index contributed by atoms with van der Waals surface area (Å²) in [7, 11) is 1.32. The molecule has 0 radical (unpaired) electrons. The molecule has 0 aromatic heterocycles. The van der Waals surface area contributed by atoms with Crippen LogP contribution in [0.4, 0.5) is 11.4 Å². The fraction of sp³-hybridized carbons (Fsp3) is 0.222. The average molecular weight is 215 g/mol. The molecule has 4 nitrogen and oxygen atoms in total. The molecule has 1 rings (SSSR count). The normalized spacial score (nSPS) is 9.86. The number of hydrogen-bond donors (Lipinski definition) is 2. The molecule has 0 unspecified atom stereocenters. The van der Waals surface area contributed by atoms with Crippen LogP contribution in [-0.2, 0) is 16.0 Å². The minimum atomic E-state index is -0.363. The van der Waals surface area contributed by atoms with E-state index in [1.165, 1.54) is 13.2 Å². The van der Waals surface area contributed by atoms with Crippen molar-refractivity contribution in [2.45, 2.75) is 6.42 Å². The lowest BCUT2D eigenvalue weighted by Gasteiger charge is -2.06. The van der Waals surface area contributed by atoms with Crippen LogP contribution in [-0.4, -0.2) is 13.1 Å². The molecule has 0 bridgehead atoms. The predicted octanol–water partition coefficient (Wildman–Crippen LogP) is 1.22. The number of carbonyl (C=O) groups excluding carboxylic acids is 1. The molecule has 14 heavy (non-hydrogen) atoms. The van der Waals surface area contributed by atoms with E-state index in [9.17, 15) is 4.79 Å². The number of hydrogen-bond acceptors (Lipinski definition) is 4. The molecule has 0 atom stereocenters. The fourth-order valence-corrected chi connectivity index (χ4v) is 1.21. The van der Waals surface area contributed by atoms with E-state index in [0.29, 0.717) is 22.0 Å². The first-order chi connectivity index (χ1) is 6.54. The second-order valence-corrected chi connectivity index (χ2v) is 3.23. The van der Waals surface area contributed by atoms with Gasteiger partial charge in [-0.2, -0.15) is 0 Å². The smallest absolute Gasteiger partial charge is 0.310 e. The van der Waals surface area contributed by atoms with Gasteiger partial charge >= 0.3 is 5.97 Å². The molecule has 76 valence electrons. The van der Waals surface area contributed by atoms with Crippen molar-refractivity contribution in [2.24, 2.45) is 0 Å². The number of ether oxygens (including phenoxy) is 1. The Labute approximate surface area is 86.8 Å². The molecule has 5 heteroatoms. The minimum Gasteiger partial charge on any atom is -0.469 e. The van der Waals surface area contributed by atoms with E-state index in [1.54, 1.807) is 6.07 Å². The summed E-state index contributed by atoms with van der Waals surface area (Å²) in [5.41, 5.74) is 12.7. The van der Waals surface area contributed by atoms with Gasteiger partial charge in [-0.1, -0.05) is 11.6 Å². The van der Waals surface area contributed by atoms with Gasteiger partial charge in [-0.3, -0.25) is 4.79 Å². The van der Waals surface area contributed by atoms with E-state index in [0.717, 1.165) is 0 Å². The lowest BCUT2D eigenvalue weighted by Crippen LogP contribution is -2.07. The van der Waals surface area contributed by atoms with Crippen molar-refractivity contribution in [1.29, 1.82) is 0 Å². The molecule has 1 aromatic rings. The van der Waals surface area contributed by atoms with E-state index in [2.05, 4.69) is 4.74 Å². The topological polar surface area (TPSA) is 78.3 Å². The van der Waals surface area contributed by atoms with Crippen LogP contribution < -0.4 is 11.5 Å². The number of carbonyl (C=O) groups is 1. The van der Waals surface area contributed by atoms with Crippen molar-refractivity contribution in [2.75, 3.05) is 18.6 Å². The number of methoxy groups -OCH3 is 1. The quantitative estimate of drug-likeness (QED) is 0.573. The fourth-order valence-electron chi connectivity index (χ4n) is 1.03. The Hall–Kier alpha value is -1.42. The molecule has 0 aliphatic heterocycles. The monoisotopic (exact) mass is 214 g/mol. The van der Waals surface area contributed by atoms with Gasteiger partial charge in [0.1, 0.15) is 0 Å². The average Bonchev–Trinajstić information content (AvgIpc) is 2.14. The van der Waals surface area contributed by atoms with Gasteiger partial charge in [0.15, 0.2) is 0 Å². The Bertz CT molecular complexity index is 366. The molecule has 0 amide bonds. The molecule has 0 aliphatic carbocycles. The van der Waals surface area contributed by atoms with Crippen molar-refractivity contribution in [3.05, 3.63) is 22.7 Å². The SMILES string of the molecule is COC(=O)Cc1cc(N)c(Cl)cc1N. The summed E-state index contributed by atoms with van der Waals surface area (Å²) in [6.45, 7) is 0. The Morgan fingerprint density at radius 3 is 2.64 bits per heavy atom. The number of rotatable bonds is 2. The molecule has 4 N–H and O–H groups in total. The van der Waals surface area contributed by atoms with Gasteiger partial charge in [0.05, 0.1) is 24.2 Å². The zero-order chi connectivity index (χ0) is 10.7. The van der Waals surface area contributed by atoms with Gasteiger partial charge in [-0.25, -0.2) is 0 Å². The molecule has 0 spiro atoms. The Kier molecular flexibility index (Phi) is 3.19. The van der Waals surface area contributed by atoms with E-state index in [-0.39, 0.29) is 12.4 Å². The molecule has 0 heterocycles. The van der Waals surface area contributed by atoms with Crippen LogP contribution in [0.2, 0.25) is 5.02 Å². The number of anilines is 2. The molecule has 0 aliphatic rings. The molecular formula is C9H11ClN2O2. The first-order valence-corrected chi connectivity index (χ1v) is 4.32. The predicted molar refractivity (Wildman–Crippen MR) is 56.0 cm³/mol. The third-order valence-electron chi connectivity index (χ3n) is 1.82. The van der Waals surface area contributed by atoms with Gasteiger partial charge < -0.3 is 16.2 Å². The summed E-state index contributed by atoms with van der Waals surface area (Å²) in [6, 6.07) is 3.10. The Balaban J connectivity index is 2.98. The van der Waals surface area contributed by atoms with Crippen LogP contribution in [0.3, 0.4) is 0 Å². The maximum Gasteiger partial charge on any atom is 0.310 e. The van der Waals surface area contributed by atoms with Crippen LogP contribution in [0.15, 0.2) is 12.1 Å². The summed E-state index contributed by atoms with van der Waals surface area (Å²) in [5.74, 6) is -0.363. The van der Waals surface area contributed by atoms with Crippen LogP contribution in [0.1, 0.15) is 5.56 Å². The van der Waals surface area contributed by atoms with Gasteiger partial charge in [-0.05, 0) is 17.7 Å². The largest absolute Gasteiger partial charge is 0.469 e. The standard InChI is InChI=1S/C9H11ClN2O2/c1-14-9(13)3-5-2-8(12)6(10)4-7(5)11/h2,4H,3,11-12H2,1H3. The highest BCUT2D eigenvalue weighted by molar-refractivity contribution is 6.33. The summed E-state index contributed by atoms with van der Waals surface area (Å²) in [4.78, 5) is 11.0. The lowest BCUT2D eigenvalue weighted by atomic mass is 10.1. The number of esters is 1. The van der Waals surface area contributed by atoms with Crippen molar-refractivity contribution < 1.29 is 9.53 Å². The summed E-state index contributed by atoms with van der Waals surface area (Å²) < 4.78 is 4.51. The highest BCUT2D eigenvalue weighted by atomic mass is 35.5. The van der Waals surface area contributed by atoms with E-state index < -0.39 is 0 Å². The van der Waals surface area contributed by atoms with Crippen LogP contribution in [0, 0.1) is 0 Å². The maximum atomic E-state index is 11.0. The Morgan fingerprint density at radius 2 is 2.07 bits per heavy atom. The van der Waals surface area contributed by atoms with Crippen LogP contribution in [0.5, 0.6) is 0 Å². The lowest BCUT2D eigenvalue weighted by molar-refractivity contribution is -0.139. The number of nitrogens with two attached hydrogens (primary N) is 2. The molecule has 0 saturated carbocycles. The first-order valence-electron chi connectivity index (χ1n) is 3.94. The summed E-state index contributed by atoms with van der Waals surface area (Å²) in [6.07, 6.45) is 0.101. The van der Waals surface area contributed by atoms with Gasteiger partial charge in [0, 0.05) is 5.69 Å². The van der Waals surface area contributed by atoms with Crippen molar-refractivity contribution in [3.8, 4) is 0 Å². The second kappa shape index (κ2) is 4.19. The third kappa shape index (κ3) is 2.29. The molecule has 0 fully saturated rings. The second-order valence-electron chi connectivity index (χ2n) is 2.83. The first kappa shape index (κ1) is 10.7. The van der Waals surface area contributed by atoms with Crippen molar-refractivity contribution >= 4 is 28.9 Å². The van der Waals surface area contributed by atoms with Gasteiger partial charge in [0.2, 0.25) is 0 Å². The van der Waals surface area contributed by atoms with E-state index >= 15 is 0 Å². The number of benzene rings is 1. The minimum absolute atomic E-state index is 0.101. The molecule has 0 saturated heterocycles. The van der Waals surface area contributed by atoms with Crippen LogP contribution in [0.25, 0.3) is 0 Å². The zero-order valence-electron chi connectivity index (χ0n) is 7.71. The summed E-state index contributed by atoms with van der Waals surface area (Å²) >= 11 is 5.74. The molecular weight excluding hydrogens is 204 g/mol. The van der Waals surface area contributed by atoms with E-state index in [4.69, 9.17) is 23.1 Å². The highest BCUT2D eigenvalue weighted by Gasteiger charge is 2.08. The van der Waals surface area contributed by atoms with E-state index in [1.807, 2.05) is 0 Å². The highest BCUT2D eigenvalue weighted by Crippen LogP contribution is 2.25. The molecule has 1 aromatic carbocycles. The third-order valence-corrected chi connectivity index (χ3v) is 2.15. The maximum absolute atomic E-state index is 11.0. The van der Waals surface area contributed by atoms with Gasteiger partial charge in [-0.15, -0.1) is 0 Å². The number of nitrogen functional groups attached to an aromatic ring is 2.